The predicted octanol–water partition coefficient (Wildman–Crippen LogP) is 3.79. The Labute approximate surface area is 114 Å². The number of benzene rings is 1. The standard InChI is InChI=1S/C16H10N2O2/c19-9-10-5-6-14(20-10)16-15-12(7-8-17-16)11-3-1-2-4-13(11)18-15/h1-9,18H. The smallest absolute Gasteiger partial charge is 0.185 e. The summed E-state index contributed by atoms with van der Waals surface area (Å²) in [7, 11) is 0. The van der Waals surface area contributed by atoms with Gasteiger partial charge >= 0.3 is 0 Å². The Morgan fingerprint density at radius 2 is 1.95 bits per heavy atom. The zero-order valence-corrected chi connectivity index (χ0v) is 10.5. The van der Waals surface area contributed by atoms with Crippen LogP contribution < -0.4 is 0 Å². The molecule has 4 rings (SSSR count). The van der Waals surface area contributed by atoms with Crippen LogP contribution in [-0.4, -0.2) is 16.3 Å². The number of aldehydes is 1. The molecule has 3 aromatic heterocycles. The third-order valence-electron chi connectivity index (χ3n) is 3.40. The number of nitrogens with zero attached hydrogens (tertiary/aromatic N) is 1. The normalized spacial score (nSPS) is 11.2. The maximum absolute atomic E-state index is 10.7. The van der Waals surface area contributed by atoms with Gasteiger partial charge in [0, 0.05) is 22.5 Å². The van der Waals surface area contributed by atoms with Gasteiger partial charge in [-0.1, -0.05) is 18.2 Å². The number of hydrogen-bond donors (Lipinski definition) is 1. The number of furan rings is 1. The number of pyridine rings is 1. The Morgan fingerprint density at radius 3 is 2.80 bits per heavy atom. The fraction of sp³-hybridized carbons (Fsp3) is 0. The average molecular weight is 262 g/mol. The second kappa shape index (κ2) is 4.06. The molecule has 0 aliphatic rings. The molecule has 0 fully saturated rings. The van der Waals surface area contributed by atoms with E-state index in [-0.39, 0.29) is 0 Å². The van der Waals surface area contributed by atoms with Crippen molar-refractivity contribution >= 4 is 28.1 Å². The number of hydrogen-bond acceptors (Lipinski definition) is 3. The lowest BCUT2D eigenvalue weighted by Gasteiger charge is -1.98. The van der Waals surface area contributed by atoms with Crippen LogP contribution in [0, 0.1) is 0 Å². The minimum atomic E-state index is 0.301. The molecule has 0 saturated heterocycles. The highest BCUT2D eigenvalue weighted by molar-refractivity contribution is 6.10. The summed E-state index contributed by atoms with van der Waals surface area (Å²) in [5, 5.41) is 2.24. The molecule has 0 aliphatic carbocycles. The van der Waals surface area contributed by atoms with Crippen molar-refractivity contribution in [2.24, 2.45) is 0 Å². The summed E-state index contributed by atoms with van der Waals surface area (Å²) in [6.07, 6.45) is 2.44. The van der Waals surface area contributed by atoms with Crippen molar-refractivity contribution in [1.29, 1.82) is 0 Å². The minimum absolute atomic E-state index is 0.301. The Balaban J connectivity index is 2.06. The molecule has 4 nitrogen and oxygen atoms in total. The molecule has 3 heterocycles. The Hall–Kier alpha value is -2.88. The van der Waals surface area contributed by atoms with E-state index in [0.29, 0.717) is 23.5 Å². The molecule has 0 spiro atoms. The maximum Gasteiger partial charge on any atom is 0.185 e. The topological polar surface area (TPSA) is 58.9 Å². The number of aromatic amines is 1. The maximum atomic E-state index is 10.7. The Bertz CT molecular complexity index is 934. The molecule has 0 atom stereocenters. The van der Waals surface area contributed by atoms with Crippen LogP contribution in [0.1, 0.15) is 10.6 Å². The molecule has 0 amide bonds. The number of carbonyl (C=O) groups excluding carboxylic acids is 1. The third kappa shape index (κ3) is 1.48. The molecule has 0 saturated carbocycles. The van der Waals surface area contributed by atoms with E-state index in [0.717, 1.165) is 21.8 Å². The van der Waals surface area contributed by atoms with E-state index in [1.165, 1.54) is 0 Å². The quantitative estimate of drug-likeness (QED) is 0.559. The molecule has 0 bridgehead atoms. The summed E-state index contributed by atoms with van der Waals surface area (Å²) in [5.41, 5.74) is 2.69. The van der Waals surface area contributed by atoms with Crippen molar-refractivity contribution in [3.05, 3.63) is 54.4 Å². The van der Waals surface area contributed by atoms with Crippen LogP contribution in [0.4, 0.5) is 0 Å². The first-order valence-electron chi connectivity index (χ1n) is 6.27. The van der Waals surface area contributed by atoms with Crippen LogP contribution in [-0.2, 0) is 0 Å². The number of rotatable bonds is 2. The van der Waals surface area contributed by atoms with Crippen LogP contribution in [0.2, 0.25) is 0 Å². The fourth-order valence-corrected chi connectivity index (χ4v) is 2.50. The molecule has 1 aromatic carbocycles. The second-order valence-electron chi connectivity index (χ2n) is 4.57. The summed E-state index contributed by atoms with van der Waals surface area (Å²) in [6.45, 7) is 0. The summed E-state index contributed by atoms with van der Waals surface area (Å²) < 4.78 is 5.47. The highest BCUT2D eigenvalue weighted by atomic mass is 16.3. The zero-order chi connectivity index (χ0) is 13.5. The lowest BCUT2D eigenvalue weighted by atomic mass is 10.1. The number of aromatic nitrogens is 2. The van der Waals surface area contributed by atoms with Gasteiger partial charge in [-0.05, 0) is 24.3 Å². The molecule has 0 unspecified atom stereocenters. The lowest BCUT2D eigenvalue weighted by Crippen LogP contribution is -1.82. The van der Waals surface area contributed by atoms with Gasteiger partial charge in [0.15, 0.2) is 17.8 Å². The largest absolute Gasteiger partial charge is 0.452 e. The van der Waals surface area contributed by atoms with E-state index < -0.39 is 0 Å². The number of para-hydroxylation sites is 1. The highest BCUT2D eigenvalue weighted by Crippen LogP contribution is 2.31. The zero-order valence-electron chi connectivity index (χ0n) is 10.5. The van der Waals surface area contributed by atoms with Gasteiger partial charge in [0.05, 0.1) is 5.52 Å². The highest BCUT2D eigenvalue weighted by Gasteiger charge is 2.13. The van der Waals surface area contributed by atoms with E-state index in [1.807, 2.05) is 24.3 Å². The lowest BCUT2D eigenvalue weighted by molar-refractivity contribution is 0.110. The van der Waals surface area contributed by atoms with Crippen molar-refractivity contribution in [1.82, 2.24) is 9.97 Å². The van der Waals surface area contributed by atoms with Gasteiger partial charge in [0.25, 0.3) is 0 Å². The van der Waals surface area contributed by atoms with Crippen molar-refractivity contribution in [2.45, 2.75) is 0 Å². The average Bonchev–Trinajstić information content (AvgIpc) is 3.11. The van der Waals surface area contributed by atoms with Crippen LogP contribution in [0.3, 0.4) is 0 Å². The summed E-state index contributed by atoms with van der Waals surface area (Å²) in [4.78, 5) is 18.5. The van der Waals surface area contributed by atoms with Gasteiger partial charge in [-0.3, -0.25) is 9.78 Å². The van der Waals surface area contributed by atoms with E-state index in [4.69, 9.17) is 4.42 Å². The first-order chi connectivity index (χ1) is 9.86. The van der Waals surface area contributed by atoms with E-state index >= 15 is 0 Å². The molecular formula is C16H10N2O2. The van der Waals surface area contributed by atoms with Crippen LogP contribution in [0.25, 0.3) is 33.3 Å². The molecule has 4 heteroatoms. The summed E-state index contributed by atoms with van der Waals surface area (Å²) in [6, 6.07) is 13.5. The monoisotopic (exact) mass is 262 g/mol. The van der Waals surface area contributed by atoms with E-state index in [9.17, 15) is 4.79 Å². The molecule has 0 aliphatic heterocycles. The van der Waals surface area contributed by atoms with Crippen molar-refractivity contribution in [3.63, 3.8) is 0 Å². The molecule has 4 aromatic rings. The molecule has 20 heavy (non-hydrogen) atoms. The van der Waals surface area contributed by atoms with Gasteiger partial charge in [0.2, 0.25) is 0 Å². The Morgan fingerprint density at radius 1 is 1.05 bits per heavy atom. The van der Waals surface area contributed by atoms with Gasteiger partial charge in [-0.2, -0.15) is 0 Å². The third-order valence-corrected chi connectivity index (χ3v) is 3.40. The molecule has 0 radical (unpaired) electrons. The number of nitrogens with one attached hydrogen (secondary N) is 1. The van der Waals surface area contributed by atoms with E-state index in [2.05, 4.69) is 16.0 Å². The summed E-state index contributed by atoms with van der Waals surface area (Å²) >= 11 is 0. The number of fused-ring (bicyclic) bond motifs is 3. The number of carbonyl (C=O) groups is 1. The van der Waals surface area contributed by atoms with Crippen LogP contribution >= 0.6 is 0 Å². The van der Waals surface area contributed by atoms with E-state index in [1.54, 1.807) is 18.3 Å². The molecule has 96 valence electrons. The Kier molecular flexibility index (Phi) is 2.23. The van der Waals surface area contributed by atoms with Crippen LogP contribution in [0.5, 0.6) is 0 Å². The van der Waals surface area contributed by atoms with Crippen LogP contribution in [0.15, 0.2) is 53.1 Å². The second-order valence-corrected chi connectivity index (χ2v) is 4.57. The first-order valence-corrected chi connectivity index (χ1v) is 6.27. The summed E-state index contributed by atoms with van der Waals surface area (Å²) in [5.74, 6) is 0.888. The van der Waals surface area contributed by atoms with Crippen molar-refractivity contribution in [3.8, 4) is 11.5 Å². The fourth-order valence-electron chi connectivity index (χ4n) is 2.50. The molecule has 1 N–H and O–H groups in total. The predicted molar refractivity (Wildman–Crippen MR) is 76.7 cm³/mol. The molecular weight excluding hydrogens is 252 g/mol. The minimum Gasteiger partial charge on any atom is -0.452 e. The van der Waals surface area contributed by atoms with Gasteiger partial charge in [-0.15, -0.1) is 0 Å². The van der Waals surface area contributed by atoms with Gasteiger partial charge in [-0.25, -0.2) is 0 Å². The van der Waals surface area contributed by atoms with Gasteiger partial charge in [0.1, 0.15) is 5.69 Å². The SMILES string of the molecule is O=Cc1ccc(-c2nccc3c2[nH]c2ccccc23)o1. The van der Waals surface area contributed by atoms with Gasteiger partial charge < -0.3 is 9.40 Å². The number of H-pyrrole nitrogens is 1. The first kappa shape index (κ1) is 11.0. The van der Waals surface area contributed by atoms with Crippen molar-refractivity contribution in [2.75, 3.05) is 0 Å². The van der Waals surface area contributed by atoms with Crippen molar-refractivity contribution < 1.29 is 9.21 Å².